The second-order valence-corrected chi connectivity index (χ2v) is 6.54. The van der Waals surface area contributed by atoms with Crippen LogP contribution in [-0.2, 0) is 4.74 Å². The highest BCUT2D eigenvalue weighted by Gasteiger charge is 2.29. The normalized spacial score (nSPS) is 36.2. The fourth-order valence-electron chi connectivity index (χ4n) is 3.01. The van der Waals surface area contributed by atoms with E-state index in [2.05, 4.69) is 13.8 Å². The Hall–Kier alpha value is -0.0800. The van der Waals surface area contributed by atoms with Gasteiger partial charge in [0, 0.05) is 6.04 Å². The number of hydrogen-bond donors (Lipinski definition) is 1. The number of nitrogens with two attached hydrogens (primary N) is 1. The molecule has 16 heavy (non-hydrogen) atoms. The van der Waals surface area contributed by atoms with Gasteiger partial charge < -0.3 is 10.5 Å². The first-order valence-corrected chi connectivity index (χ1v) is 6.96. The van der Waals surface area contributed by atoms with Crippen LogP contribution >= 0.6 is 0 Å². The predicted molar refractivity (Wildman–Crippen MR) is 67.4 cm³/mol. The van der Waals surface area contributed by atoms with E-state index >= 15 is 0 Å². The molecule has 0 unspecified atom stereocenters. The van der Waals surface area contributed by atoms with Crippen LogP contribution in [0.1, 0.15) is 65.2 Å². The van der Waals surface area contributed by atoms with E-state index in [9.17, 15) is 0 Å². The van der Waals surface area contributed by atoms with Crippen molar-refractivity contribution in [1.82, 2.24) is 0 Å². The Labute approximate surface area is 99.9 Å². The zero-order chi connectivity index (χ0) is 11.6. The van der Waals surface area contributed by atoms with Gasteiger partial charge in [-0.3, -0.25) is 0 Å². The highest BCUT2D eigenvalue weighted by atomic mass is 16.5. The highest BCUT2D eigenvalue weighted by molar-refractivity contribution is 4.81. The molecular weight excluding hydrogens is 198 g/mol. The van der Waals surface area contributed by atoms with Gasteiger partial charge in [0.25, 0.3) is 0 Å². The van der Waals surface area contributed by atoms with Gasteiger partial charge in [-0.05, 0) is 56.8 Å². The molecule has 2 N–H and O–H groups in total. The molecule has 2 heteroatoms. The van der Waals surface area contributed by atoms with Gasteiger partial charge in [0.05, 0.1) is 12.2 Å². The fourth-order valence-corrected chi connectivity index (χ4v) is 3.01. The first-order chi connectivity index (χ1) is 7.55. The largest absolute Gasteiger partial charge is 0.375 e. The van der Waals surface area contributed by atoms with Crippen LogP contribution in [0.3, 0.4) is 0 Å². The zero-order valence-electron chi connectivity index (χ0n) is 10.9. The lowest BCUT2D eigenvalue weighted by Crippen LogP contribution is -2.34. The van der Waals surface area contributed by atoms with Crippen LogP contribution in [0.5, 0.6) is 0 Å². The van der Waals surface area contributed by atoms with Crippen molar-refractivity contribution in [2.75, 3.05) is 0 Å². The second kappa shape index (κ2) is 5.05. The Kier molecular flexibility index (Phi) is 3.91. The van der Waals surface area contributed by atoms with Crippen LogP contribution in [0.2, 0.25) is 0 Å². The van der Waals surface area contributed by atoms with Crippen LogP contribution in [0, 0.1) is 5.41 Å². The maximum absolute atomic E-state index is 6.22. The third-order valence-corrected chi connectivity index (χ3v) is 4.39. The van der Waals surface area contributed by atoms with Crippen LogP contribution in [0.25, 0.3) is 0 Å². The van der Waals surface area contributed by atoms with E-state index in [0.717, 1.165) is 12.8 Å². The molecule has 0 spiro atoms. The summed E-state index contributed by atoms with van der Waals surface area (Å²) in [6.45, 7) is 4.76. The molecule has 94 valence electrons. The van der Waals surface area contributed by atoms with E-state index in [4.69, 9.17) is 10.5 Å². The van der Waals surface area contributed by atoms with Crippen molar-refractivity contribution >= 4 is 0 Å². The van der Waals surface area contributed by atoms with E-state index in [1.807, 2.05) is 0 Å². The smallest absolute Gasteiger partial charge is 0.0580 e. The molecule has 2 rings (SSSR count). The number of ether oxygens (including phenoxy) is 1. The Morgan fingerprint density at radius 1 is 0.875 bits per heavy atom. The zero-order valence-corrected chi connectivity index (χ0v) is 10.9. The molecule has 2 fully saturated rings. The molecular formula is C14H27NO. The predicted octanol–water partition coefficient (Wildman–Crippen LogP) is 3.24. The van der Waals surface area contributed by atoms with Crippen LogP contribution in [0.15, 0.2) is 0 Å². The molecule has 0 aromatic heterocycles. The van der Waals surface area contributed by atoms with Crippen LogP contribution in [-0.4, -0.2) is 18.2 Å². The van der Waals surface area contributed by atoms with Gasteiger partial charge in [0.15, 0.2) is 0 Å². The molecule has 2 aliphatic rings. The average molecular weight is 225 g/mol. The standard InChI is InChI=1S/C14H27NO/c1-14(2)9-7-13(8-10-14)16-12-5-3-11(15)4-6-12/h11-13H,3-10,15H2,1-2H3. The summed E-state index contributed by atoms with van der Waals surface area (Å²) >= 11 is 0. The molecule has 0 amide bonds. The minimum atomic E-state index is 0.435. The Morgan fingerprint density at radius 3 is 1.94 bits per heavy atom. The fraction of sp³-hybridized carbons (Fsp3) is 1.00. The minimum absolute atomic E-state index is 0.435. The maximum atomic E-state index is 6.22. The molecule has 0 radical (unpaired) electrons. The first kappa shape index (κ1) is 12.4. The Morgan fingerprint density at radius 2 is 1.38 bits per heavy atom. The lowest BCUT2D eigenvalue weighted by atomic mass is 9.76. The highest BCUT2D eigenvalue weighted by Crippen LogP contribution is 2.37. The Bertz CT molecular complexity index is 209. The first-order valence-electron chi connectivity index (χ1n) is 6.96. The SMILES string of the molecule is CC1(C)CCC(OC2CCC(N)CC2)CC1. The summed E-state index contributed by atoms with van der Waals surface area (Å²) in [7, 11) is 0. The third-order valence-electron chi connectivity index (χ3n) is 4.39. The Balaban J connectivity index is 1.71. The summed E-state index contributed by atoms with van der Waals surface area (Å²) in [5, 5.41) is 0. The average Bonchev–Trinajstić information content (AvgIpc) is 2.24. The van der Waals surface area contributed by atoms with Crippen molar-refractivity contribution in [1.29, 1.82) is 0 Å². The quantitative estimate of drug-likeness (QED) is 0.783. The molecule has 0 bridgehead atoms. The van der Waals surface area contributed by atoms with Crippen LogP contribution < -0.4 is 5.73 Å². The van der Waals surface area contributed by atoms with Gasteiger partial charge in [-0.25, -0.2) is 0 Å². The van der Waals surface area contributed by atoms with E-state index in [1.54, 1.807) is 0 Å². The molecule has 0 aromatic carbocycles. The van der Waals surface area contributed by atoms with E-state index in [0.29, 0.717) is 23.7 Å². The van der Waals surface area contributed by atoms with Crippen molar-refractivity contribution in [2.45, 2.75) is 83.5 Å². The summed E-state index contributed by atoms with van der Waals surface area (Å²) in [4.78, 5) is 0. The summed E-state index contributed by atoms with van der Waals surface area (Å²) in [6.07, 6.45) is 10.9. The second-order valence-electron chi connectivity index (χ2n) is 6.54. The van der Waals surface area contributed by atoms with Gasteiger partial charge in [-0.1, -0.05) is 13.8 Å². The van der Waals surface area contributed by atoms with E-state index < -0.39 is 0 Å². The third kappa shape index (κ3) is 3.46. The number of rotatable bonds is 2. The van der Waals surface area contributed by atoms with Gasteiger partial charge in [0.1, 0.15) is 0 Å². The van der Waals surface area contributed by atoms with Crippen molar-refractivity contribution in [3.8, 4) is 0 Å². The molecule has 0 aliphatic heterocycles. The van der Waals surface area contributed by atoms with Crippen LogP contribution in [0.4, 0.5) is 0 Å². The summed E-state index contributed by atoms with van der Waals surface area (Å²) < 4.78 is 6.22. The molecule has 2 saturated carbocycles. The van der Waals surface area contributed by atoms with Crippen molar-refractivity contribution in [2.24, 2.45) is 11.1 Å². The van der Waals surface area contributed by atoms with Gasteiger partial charge in [-0.15, -0.1) is 0 Å². The van der Waals surface area contributed by atoms with Crippen molar-refractivity contribution in [3.05, 3.63) is 0 Å². The molecule has 0 atom stereocenters. The minimum Gasteiger partial charge on any atom is -0.375 e. The maximum Gasteiger partial charge on any atom is 0.0580 e. The molecule has 0 aromatic rings. The summed E-state index contributed by atoms with van der Waals surface area (Å²) in [5.74, 6) is 0. The van der Waals surface area contributed by atoms with Gasteiger partial charge in [0.2, 0.25) is 0 Å². The van der Waals surface area contributed by atoms with E-state index in [-0.39, 0.29) is 0 Å². The van der Waals surface area contributed by atoms with Gasteiger partial charge in [-0.2, -0.15) is 0 Å². The molecule has 0 heterocycles. The lowest BCUT2D eigenvalue weighted by molar-refractivity contribution is -0.0598. The topological polar surface area (TPSA) is 35.2 Å². The molecule has 2 nitrogen and oxygen atoms in total. The monoisotopic (exact) mass is 225 g/mol. The molecule has 2 aliphatic carbocycles. The summed E-state index contributed by atoms with van der Waals surface area (Å²) in [5.41, 5.74) is 6.46. The number of hydrogen-bond acceptors (Lipinski definition) is 2. The molecule has 0 saturated heterocycles. The van der Waals surface area contributed by atoms with Gasteiger partial charge >= 0.3 is 0 Å². The van der Waals surface area contributed by atoms with Crippen molar-refractivity contribution < 1.29 is 4.74 Å². The lowest BCUT2D eigenvalue weighted by Gasteiger charge is -2.37. The summed E-state index contributed by atoms with van der Waals surface area (Å²) in [6, 6.07) is 0.435. The van der Waals surface area contributed by atoms with E-state index in [1.165, 1.54) is 38.5 Å². The van der Waals surface area contributed by atoms with Crippen molar-refractivity contribution in [3.63, 3.8) is 0 Å².